The molecule has 0 heterocycles. The number of carboxylic acid groups (broad SMARTS) is 2. The van der Waals surface area contributed by atoms with Crippen LogP contribution in [0.4, 0.5) is 11.4 Å². The molecule has 244 valence electrons. The molecule has 0 fully saturated rings. The zero-order valence-electron chi connectivity index (χ0n) is 26.4. The highest BCUT2D eigenvalue weighted by Gasteiger charge is 2.32. The van der Waals surface area contributed by atoms with Crippen LogP contribution in [0, 0.1) is 0 Å². The molecule has 1 aliphatic rings. The number of rotatable bonds is 13. The number of carbonyl (C=O) groups is 2. The van der Waals surface area contributed by atoms with Crippen LogP contribution >= 0.6 is 0 Å². The summed E-state index contributed by atoms with van der Waals surface area (Å²) in [5.41, 5.74) is 1.87. The van der Waals surface area contributed by atoms with E-state index in [9.17, 15) is 29.4 Å². The molecule has 5 N–H and O–H groups in total. The number of aliphatic carboxylic acids is 2. The van der Waals surface area contributed by atoms with E-state index in [1.807, 2.05) is 13.0 Å². The van der Waals surface area contributed by atoms with E-state index in [4.69, 9.17) is 19.3 Å². The molecule has 5 aromatic carbocycles. The Morgan fingerprint density at radius 1 is 0.766 bits per heavy atom. The zero-order chi connectivity index (χ0) is 33.7. The van der Waals surface area contributed by atoms with Crippen LogP contribution in [0.2, 0.25) is 0 Å². The first-order valence-corrected chi connectivity index (χ1v) is 15.2. The smallest absolute Gasteiger partial charge is 0.303 e. The summed E-state index contributed by atoms with van der Waals surface area (Å²) in [7, 11) is 4.36. The molecule has 0 amide bonds. The molecule has 0 unspecified atom stereocenters. The van der Waals surface area contributed by atoms with Crippen molar-refractivity contribution < 1.29 is 39.1 Å². The second-order valence-corrected chi connectivity index (χ2v) is 11.7. The summed E-state index contributed by atoms with van der Waals surface area (Å²) in [6.07, 6.45) is 2.65. The summed E-state index contributed by atoms with van der Waals surface area (Å²) in [5.74, 6) is -1.43. The molecule has 0 aromatic heterocycles. The lowest BCUT2D eigenvalue weighted by Gasteiger charge is -2.24. The number of allylic oxidation sites excluding steroid dienone is 1. The first kappa shape index (κ1) is 31.5. The number of fused-ring (bicyclic) bond motifs is 1. The minimum Gasteiger partial charge on any atom is -0.505 e. The Kier molecular flexibility index (Phi) is 8.04. The monoisotopic (exact) mass is 642 g/mol. The van der Waals surface area contributed by atoms with Crippen molar-refractivity contribution in [1.29, 1.82) is 0 Å². The van der Waals surface area contributed by atoms with Gasteiger partial charge in [-0.1, -0.05) is 11.6 Å². The standard InChI is InChI=1S/C35H34N2O10/c1-15-11-16-24-25-17(12-15)35(47-4)34(44)26-18(36-9-5-7-22(39)40)13-20(45-2)28(30(25)26)29-21(46-3)14-19(38)27(31(24)29)33(43)32(16)37-10-6-8-23(41)42/h11,13-14,36-37,43H,5-10,12H2,1-4H3,(H,39,40)(H,41,42). The van der Waals surface area contributed by atoms with Gasteiger partial charge in [-0.25, -0.2) is 0 Å². The molecule has 6 rings (SSSR count). The number of hydrogen-bond acceptors (Lipinski definition) is 10. The van der Waals surface area contributed by atoms with E-state index in [1.54, 1.807) is 6.07 Å². The maximum absolute atomic E-state index is 14.4. The molecule has 0 saturated carbocycles. The van der Waals surface area contributed by atoms with E-state index in [1.165, 1.54) is 27.4 Å². The highest BCUT2D eigenvalue weighted by Crippen LogP contribution is 2.55. The third kappa shape index (κ3) is 4.91. The van der Waals surface area contributed by atoms with Crippen LogP contribution in [0.25, 0.3) is 49.2 Å². The number of hydrogen-bond donors (Lipinski definition) is 5. The van der Waals surface area contributed by atoms with Gasteiger partial charge < -0.3 is 40.2 Å². The van der Waals surface area contributed by atoms with Gasteiger partial charge in [-0.3, -0.25) is 19.2 Å². The topological polar surface area (TPSA) is 181 Å². The Morgan fingerprint density at radius 3 is 1.96 bits per heavy atom. The average Bonchev–Trinajstić information content (AvgIpc) is 3.18. The minimum atomic E-state index is -0.952. The van der Waals surface area contributed by atoms with Crippen molar-refractivity contribution in [3.63, 3.8) is 0 Å². The Hall–Kier alpha value is -5.52. The molecule has 0 bridgehead atoms. The van der Waals surface area contributed by atoms with Gasteiger partial charge in [0.1, 0.15) is 11.5 Å². The third-order valence-electron chi connectivity index (χ3n) is 8.81. The maximum Gasteiger partial charge on any atom is 0.303 e. The van der Waals surface area contributed by atoms with Crippen LogP contribution in [0.1, 0.15) is 43.7 Å². The Labute approximate surface area is 267 Å². The molecule has 47 heavy (non-hydrogen) atoms. The van der Waals surface area contributed by atoms with Crippen molar-refractivity contribution in [1.82, 2.24) is 0 Å². The molecule has 12 heteroatoms. The molecule has 0 atom stereocenters. The summed E-state index contributed by atoms with van der Waals surface area (Å²) < 4.78 is 17.5. The zero-order valence-corrected chi connectivity index (χ0v) is 26.4. The van der Waals surface area contributed by atoms with Gasteiger partial charge in [-0.2, -0.15) is 0 Å². The van der Waals surface area contributed by atoms with Gasteiger partial charge in [0.15, 0.2) is 16.9 Å². The van der Waals surface area contributed by atoms with Gasteiger partial charge in [0.05, 0.1) is 37.8 Å². The number of benzene rings is 5. The number of anilines is 2. The van der Waals surface area contributed by atoms with Gasteiger partial charge in [0.25, 0.3) is 0 Å². The summed E-state index contributed by atoms with van der Waals surface area (Å²) in [4.78, 5) is 50.6. The summed E-state index contributed by atoms with van der Waals surface area (Å²) in [5, 5.41) is 40.1. The highest BCUT2D eigenvalue weighted by molar-refractivity contribution is 6.40. The van der Waals surface area contributed by atoms with Crippen LogP contribution < -0.4 is 35.7 Å². The van der Waals surface area contributed by atoms with Crippen molar-refractivity contribution in [2.45, 2.75) is 39.0 Å². The lowest BCUT2D eigenvalue weighted by Crippen LogP contribution is -2.15. The number of phenols is 1. The average molecular weight is 643 g/mol. The van der Waals surface area contributed by atoms with Crippen molar-refractivity contribution in [3.8, 4) is 23.0 Å². The van der Waals surface area contributed by atoms with Crippen molar-refractivity contribution in [2.75, 3.05) is 45.1 Å². The van der Waals surface area contributed by atoms with Gasteiger partial charge in [0.2, 0.25) is 5.43 Å². The number of phenolic OH excluding ortho intramolecular Hbond substituents is 1. The Bertz CT molecular complexity index is 2260. The van der Waals surface area contributed by atoms with Crippen LogP contribution in [0.5, 0.6) is 23.0 Å². The minimum absolute atomic E-state index is 0.0427. The van der Waals surface area contributed by atoms with Crippen LogP contribution in [0.15, 0.2) is 27.3 Å². The van der Waals surface area contributed by atoms with E-state index in [0.717, 1.165) is 5.57 Å². The Balaban J connectivity index is 1.86. The number of carboxylic acids is 2. The van der Waals surface area contributed by atoms with Crippen LogP contribution in [-0.2, 0) is 16.0 Å². The fraction of sp³-hybridized carbons (Fsp3) is 0.314. The van der Waals surface area contributed by atoms with E-state index in [-0.39, 0.29) is 66.1 Å². The van der Waals surface area contributed by atoms with Crippen molar-refractivity contribution >= 4 is 72.5 Å². The SMILES string of the molecule is COc1c2c3c4c(c(NCCCC(=O)O)c(O)c5c(=O)cc(OC)c(c6c(OC)cc(NCCCC(=O)O)c(c1=O)c63)c54)C=C(C)C2. The summed E-state index contributed by atoms with van der Waals surface area (Å²) in [6.45, 7) is 2.37. The van der Waals surface area contributed by atoms with E-state index in [0.29, 0.717) is 73.1 Å². The number of nitrogens with one attached hydrogen (secondary N) is 2. The molecule has 0 saturated heterocycles. The van der Waals surface area contributed by atoms with Crippen molar-refractivity contribution in [2.24, 2.45) is 0 Å². The Morgan fingerprint density at radius 2 is 1.36 bits per heavy atom. The summed E-state index contributed by atoms with van der Waals surface area (Å²) >= 11 is 0. The van der Waals surface area contributed by atoms with Gasteiger partial charge >= 0.3 is 11.9 Å². The summed E-state index contributed by atoms with van der Waals surface area (Å²) in [6, 6.07) is 2.97. The first-order chi connectivity index (χ1) is 22.5. The largest absolute Gasteiger partial charge is 0.505 e. The predicted octanol–water partition coefficient (Wildman–Crippen LogP) is 5.14. The molecular weight excluding hydrogens is 608 g/mol. The second-order valence-electron chi connectivity index (χ2n) is 11.7. The lowest BCUT2D eigenvalue weighted by atomic mass is 9.83. The normalized spacial score (nSPS) is 12.6. The predicted molar refractivity (Wildman–Crippen MR) is 181 cm³/mol. The van der Waals surface area contributed by atoms with Gasteiger partial charge in [-0.05, 0) is 31.6 Å². The molecule has 0 aliphatic heterocycles. The molecular formula is C35H34N2O10. The molecule has 1 aliphatic carbocycles. The van der Waals surface area contributed by atoms with Crippen LogP contribution in [0.3, 0.4) is 0 Å². The quantitative estimate of drug-likeness (QED) is 0.0495. The number of ether oxygens (including phenoxy) is 3. The van der Waals surface area contributed by atoms with Gasteiger partial charge in [0, 0.05) is 81.8 Å². The molecule has 12 nitrogen and oxygen atoms in total. The molecule has 0 radical (unpaired) electrons. The molecule has 0 spiro atoms. The number of methoxy groups -OCH3 is 3. The maximum atomic E-state index is 14.4. The highest BCUT2D eigenvalue weighted by atomic mass is 16.5. The lowest BCUT2D eigenvalue weighted by molar-refractivity contribution is -0.138. The first-order valence-electron chi connectivity index (χ1n) is 15.2. The van der Waals surface area contributed by atoms with E-state index in [2.05, 4.69) is 10.6 Å². The second kappa shape index (κ2) is 12.0. The fourth-order valence-corrected chi connectivity index (χ4v) is 6.98. The number of aromatic hydroxyl groups is 1. The van der Waals surface area contributed by atoms with E-state index >= 15 is 0 Å². The fourth-order valence-electron chi connectivity index (χ4n) is 6.98. The van der Waals surface area contributed by atoms with Crippen LogP contribution in [-0.4, -0.2) is 61.7 Å². The molecule has 5 aromatic rings. The van der Waals surface area contributed by atoms with E-state index < -0.39 is 17.4 Å². The van der Waals surface area contributed by atoms with Crippen molar-refractivity contribution in [3.05, 3.63) is 49.3 Å². The van der Waals surface area contributed by atoms with Gasteiger partial charge in [-0.15, -0.1) is 0 Å². The third-order valence-corrected chi connectivity index (χ3v) is 8.81.